The molecule has 0 bridgehead atoms. The molecule has 0 fully saturated rings. The van der Waals surface area contributed by atoms with Gasteiger partial charge in [0.2, 0.25) is 0 Å². The lowest BCUT2D eigenvalue weighted by Crippen LogP contribution is -2.34. The lowest BCUT2D eigenvalue weighted by Gasteiger charge is -2.29. The van der Waals surface area contributed by atoms with Crippen LogP contribution in [-0.4, -0.2) is 24.0 Å². The van der Waals surface area contributed by atoms with E-state index in [4.69, 9.17) is 9.68 Å². The molecule has 1 aromatic carbocycles. The molecule has 20 heavy (non-hydrogen) atoms. The van der Waals surface area contributed by atoms with Crippen LogP contribution >= 0.6 is 0 Å². The third kappa shape index (κ3) is 2.23. The highest BCUT2D eigenvalue weighted by atomic mass is 16.3. The topological polar surface area (TPSA) is 40.2 Å². The zero-order valence-electron chi connectivity index (χ0n) is 11.9. The van der Waals surface area contributed by atoms with Gasteiger partial charge in [-0.25, -0.2) is 0 Å². The summed E-state index contributed by atoms with van der Waals surface area (Å²) in [5.41, 5.74) is 4.00. The second-order valence-electron chi connectivity index (χ2n) is 5.54. The van der Waals surface area contributed by atoms with Crippen LogP contribution in [0.25, 0.3) is 16.5 Å². The van der Waals surface area contributed by atoms with Gasteiger partial charge in [-0.15, -0.1) is 0 Å². The van der Waals surface area contributed by atoms with E-state index < -0.39 is 0 Å². The molecule has 2 aromatic rings. The Morgan fingerprint density at radius 1 is 1.35 bits per heavy atom. The largest absolute Gasteiger partial charge is 0.464 e. The number of nitrogens with zero attached hydrogens (tertiary/aromatic N) is 2. The molecule has 1 aromatic heterocycles. The maximum Gasteiger partial charge on any atom is 0.134 e. The summed E-state index contributed by atoms with van der Waals surface area (Å²) in [6.45, 7) is 6.52. The van der Waals surface area contributed by atoms with Gasteiger partial charge in [0.15, 0.2) is 0 Å². The number of benzene rings is 1. The van der Waals surface area contributed by atoms with Crippen LogP contribution < -0.4 is 0 Å². The van der Waals surface area contributed by atoms with Crippen molar-refractivity contribution in [2.24, 2.45) is 0 Å². The average molecular weight is 266 g/mol. The number of hydrogen-bond acceptors (Lipinski definition) is 3. The van der Waals surface area contributed by atoms with Crippen molar-refractivity contribution >= 4 is 16.5 Å². The number of fused-ring (bicyclic) bond motifs is 1. The van der Waals surface area contributed by atoms with Gasteiger partial charge in [-0.3, -0.25) is 4.90 Å². The van der Waals surface area contributed by atoms with Crippen LogP contribution in [0.1, 0.15) is 31.4 Å². The molecule has 0 radical (unpaired) electrons. The molecular weight excluding hydrogens is 248 g/mol. The van der Waals surface area contributed by atoms with Crippen molar-refractivity contribution in [3.8, 4) is 6.07 Å². The highest BCUT2D eigenvalue weighted by molar-refractivity contribution is 5.92. The summed E-state index contributed by atoms with van der Waals surface area (Å²) in [6.07, 6.45) is 5.14. The van der Waals surface area contributed by atoms with Crippen LogP contribution in [0.5, 0.6) is 0 Å². The third-order valence-electron chi connectivity index (χ3n) is 4.02. The Balaban J connectivity index is 1.97. The Morgan fingerprint density at radius 2 is 2.20 bits per heavy atom. The van der Waals surface area contributed by atoms with E-state index >= 15 is 0 Å². The van der Waals surface area contributed by atoms with Crippen molar-refractivity contribution in [3.05, 3.63) is 41.7 Å². The second kappa shape index (κ2) is 5.15. The van der Waals surface area contributed by atoms with Crippen LogP contribution in [0.15, 0.2) is 35.0 Å². The molecule has 0 unspecified atom stereocenters. The fourth-order valence-corrected chi connectivity index (χ4v) is 2.75. The van der Waals surface area contributed by atoms with E-state index in [0.29, 0.717) is 11.6 Å². The zero-order chi connectivity index (χ0) is 14.1. The van der Waals surface area contributed by atoms with Crippen molar-refractivity contribution in [1.82, 2.24) is 4.90 Å². The van der Waals surface area contributed by atoms with Crippen molar-refractivity contribution in [1.29, 1.82) is 5.26 Å². The van der Waals surface area contributed by atoms with Gasteiger partial charge in [0.25, 0.3) is 0 Å². The van der Waals surface area contributed by atoms with Gasteiger partial charge in [0.1, 0.15) is 5.58 Å². The number of furan rings is 1. The second-order valence-corrected chi connectivity index (χ2v) is 5.54. The summed E-state index contributed by atoms with van der Waals surface area (Å²) in [6, 6.07) is 8.37. The molecule has 3 nitrogen and oxygen atoms in total. The zero-order valence-corrected chi connectivity index (χ0v) is 11.9. The van der Waals surface area contributed by atoms with Crippen molar-refractivity contribution in [3.63, 3.8) is 0 Å². The molecule has 0 saturated heterocycles. The van der Waals surface area contributed by atoms with E-state index in [9.17, 15) is 0 Å². The van der Waals surface area contributed by atoms with Crippen molar-refractivity contribution in [2.75, 3.05) is 13.1 Å². The summed E-state index contributed by atoms with van der Waals surface area (Å²) in [5, 5.41) is 10.1. The Kier molecular flexibility index (Phi) is 3.33. The molecular formula is C17H18N2O. The molecule has 0 amide bonds. The normalized spacial score (nSPS) is 16.4. The fourth-order valence-electron chi connectivity index (χ4n) is 2.75. The summed E-state index contributed by atoms with van der Waals surface area (Å²) in [7, 11) is 0. The van der Waals surface area contributed by atoms with E-state index in [1.807, 2.05) is 18.4 Å². The standard InChI is InChI=1S/C17H18N2O/c1-12(2)19-7-5-14(6-8-19)16-11-20-17-4-3-13(10-18)9-15(16)17/h3-5,9,11-12H,6-8H2,1-2H3. The van der Waals surface area contributed by atoms with Crippen LogP contribution in [-0.2, 0) is 0 Å². The Bertz CT molecular complexity index is 703. The monoisotopic (exact) mass is 266 g/mol. The van der Waals surface area contributed by atoms with Crippen LogP contribution in [0, 0.1) is 11.3 Å². The van der Waals surface area contributed by atoms with E-state index in [1.54, 1.807) is 6.07 Å². The highest BCUT2D eigenvalue weighted by Gasteiger charge is 2.18. The van der Waals surface area contributed by atoms with E-state index in [0.717, 1.165) is 36.0 Å². The molecule has 0 aliphatic carbocycles. The number of nitriles is 1. The summed E-state index contributed by atoms with van der Waals surface area (Å²) >= 11 is 0. The first-order valence-corrected chi connectivity index (χ1v) is 7.04. The summed E-state index contributed by atoms with van der Waals surface area (Å²) < 4.78 is 5.61. The summed E-state index contributed by atoms with van der Waals surface area (Å²) in [5.74, 6) is 0. The number of rotatable bonds is 2. The van der Waals surface area contributed by atoms with E-state index in [1.165, 1.54) is 5.57 Å². The van der Waals surface area contributed by atoms with E-state index in [-0.39, 0.29) is 0 Å². The lowest BCUT2D eigenvalue weighted by molar-refractivity contribution is 0.245. The minimum atomic E-state index is 0.582. The van der Waals surface area contributed by atoms with Crippen molar-refractivity contribution < 1.29 is 4.42 Å². The Hall–Kier alpha value is -2.05. The Morgan fingerprint density at radius 3 is 2.85 bits per heavy atom. The summed E-state index contributed by atoms with van der Waals surface area (Å²) in [4.78, 5) is 2.45. The molecule has 1 aliphatic rings. The predicted octanol–water partition coefficient (Wildman–Crippen LogP) is 3.80. The maximum atomic E-state index is 9.03. The maximum absolute atomic E-state index is 9.03. The lowest BCUT2D eigenvalue weighted by atomic mass is 9.97. The molecule has 102 valence electrons. The van der Waals surface area contributed by atoms with Crippen LogP contribution in [0.3, 0.4) is 0 Å². The first-order valence-electron chi connectivity index (χ1n) is 7.04. The molecule has 3 heteroatoms. The SMILES string of the molecule is CC(C)N1CC=C(c2coc3ccc(C#N)cc23)CC1. The predicted molar refractivity (Wildman–Crippen MR) is 80.2 cm³/mol. The fraction of sp³-hybridized carbons (Fsp3) is 0.353. The van der Waals surface area contributed by atoms with Crippen molar-refractivity contribution in [2.45, 2.75) is 26.3 Å². The van der Waals surface area contributed by atoms with Gasteiger partial charge >= 0.3 is 0 Å². The molecule has 0 N–H and O–H groups in total. The van der Waals surface area contributed by atoms with Gasteiger partial charge in [0, 0.05) is 30.1 Å². The first kappa shape index (κ1) is 13.0. The molecule has 1 aliphatic heterocycles. The molecule has 2 heterocycles. The van der Waals surface area contributed by atoms with Gasteiger partial charge in [-0.2, -0.15) is 5.26 Å². The molecule has 0 spiro atoms. The average Bonchev–Trinajstić information content (AvgIpc) is 2.90. The van der Waals surface area contributed by atoms with E-state index in [2.05, 4.69) is 30.9 Å². The third-order valence-corrected chi connectivity index (χ3v) is 4.02. The molecule has 3 rings (SSSR count). The van der Waals surface area contributed by atoms with Gasteiger partial charge < -0.3 is 4.42 Å². The minimum absolute atomic E-state index is 0.582. The molecule has 0 saturated carbocycles. The minimum Gasteiger partial charge on any atom is -0.464 e. The highest BCUT2D eigenvalue weighted by Crippen LogP contribution is 2.31. The Labute approximate surface area is 119 Å². The number of hydrogen-bond donors (Lipinski definition) is 0. The van der Waals surface area contributed by atoms with Gasteiger partial charge in [-0.1, -0.05) is 6.08 Å². The first-order chi connectivity index (χ1) is 9.69. The molecule has 0 atom stereocenters. The smallest absolute Gasteiger partial charge is 0.134 e. The quantitative estimate of drug-likeness (QED) is 0.830. The van der Waals surface area contributed by atoms with Gasteiger partial charge in [0.05, 0.1) is 17.9 Å². The van der Waals surface area contributed by atoms with Gasteiger partial charge in [-0.05, 0) is 44.0 Å². The van der Waals surface area contributed by atoms with Crippen LogP contribution in [0.4, 0.5) is 0 Å². The van der Waals surface area contributed by atoms with Crippen LogP contribution in [0.2, 0.25) is 0 Å².